The predicted octanol–water partition coefficient (Wildman–Crippen LogP) is 3.11. The average Bonchev–Trinajstić information content (AvgIpc) is 3.16. The lowest BCUT2D eigenvalue weighted by molar-refractivity contribution is 0.0931. The number of anilines is 1. The molecule has 1 amide bonds. The van der Waals surface area contributed by atoms with Gasteiger partial charge in [-0.2, -0.15) is 11.3 Å². The first-order valence-corrected chi connectivity index (χ1v) is 11.4. The Morgan fingerprint density at radius 2 is 1.93 bits per heavy atom. The number of sulfone groups is 1. The SMILES string of the molecule is CC(C)(C)S(=O)(=O)c1ccc(N2CCC(NC(=O)c3ccsc3)CC2)cn1. The molecule has 27 heavy (non-hydrogen) atoms. The van der Waals surface area contributed by atoms with Crippen molar-refractivity contribution in [2.24, 2.45) is 0 Å². The summed E-state index contributed by atoms with van der Waals surface area (Å²) in [7, 11) is -3.44. The van der Waals surface area contributed by atoms with Crippen molar-refractivity contribution in [2.75, 3.05) is 18.0 Å². The number of aromatic nitrogens is 1. The van der Waals surface area contributed by atoms with Gasteiger partial charge in [0.25, 0.3) is 5.91 Å². The second-order valence-corrected chi connectivity index (χ2v) is 11.1. The minimum atomic E-state index is -3.44. The quantitative estimate of drug-likeness (QED) is 0.842. The van der Waals surface area contributed by atoms with Crippen LogP contribution in [-0.4, -0.2) is 43.2 Å². The van der Waals surface area contributed by atoms with Crippen molar-refractivity contribution in [1.82, 2.24) is 10.3 Å². The largest absolute Gasteiger partial charge is 0.370 e. The van der Waals surface area contributed by atoms with Crippen LogP contribution < -0.4 is 10.2 Å². The van der Waals surface area contributed by atoms with Crippen molar-refractivity contribution in [3.63, 3.8) is 0 Å². The Morgan fingerprint density at radius 1 is 1.22 bits per heavy atom. The van der Waals surface area contributed by atoms with E-state index in [1.807, 2.05) is 22.9 Å². The van der Waals surface area contributed by atoms with E-state index in [2.05, 4.69) is 15.2 Å². The number of hydrogen-bond acceptors (Lipinski definition) is 6. The van der Waals surface area contributed by atoms with E-state index in [9.17, 15) is 13.2 Å². The molecule has 0 aromatic carbocycles. The summed E-state index contributed by atoms with van der Waals surface area (Å²) in [6.07, 6.45) is 3.32. The zero-order valence-corrected chi connectivity index (χ0v) is 17.4. The van der Waals surface area contributed by atoms with Crippen LogP contribution in [-0.2, 0) is 9.84 Å². The molecule has 1 N–H and O–H groups in total. The van der Waals surface area contributed by atoms with Crippen LogP contribution in [0.4, 0.5) is 5.69 Å². The van der Waals surface area contributed by atoms with Crippen molar-refractivity contribution < 1.29 is 13.2 Å². The van der Waals surface area contributed by atoms with Gasteiger partial charge in [0.05, 0.1) is 16.6 Å². The Kier molecular flexibility index (Phi) is 5.58. The maximum absolute atomic E-state index is 12.5. The molecule has 0 aliphatic carbocycles. The Morgan fingerprint density at radius 3 is 2.44 bits per heavy atom. The lowest BCUT2D eigenvalue weighted by Crippen LogP contribution is -2.44. The molecule has 0 radical (unpaired) electrons. The average molecular weight is 408 g/mol. The molecular formula is C19H25N3O3S2. The fourth-order valence-electron chi connectivity index (χ4n) is 2.98. The van der Waals surface area contributed by atoms with Gasteiger partial charge in [-0.1, -0.05) is 0 Å². The van der Waals surface area contributed by atoms with Crippen LogP contribution in [0.25, 0.3) is 0 Å². The number of rotatable bonds is 4. The fraction of sp³-hybridized carbons (Fsp3) is 0.474. The second kappa shape index (κ2) is 7.59. The number of amides is 1. The lowest BCUT2D eigenvalue weighted by Gasteiger charge is -2.33. The third-order valence-electron chi connectivity index (χ3n) is 4.78. The highest BCUT2D eigenvalue weighted by atomic mass is 32.2. The zero-order valence-electron chi connectivity index (χ0n) is 15.8. The van der Waals surface area contributed by atoms with Gasteiger partial charge in [0, 0.05) is 30.1 Å². The zero-order chi connectivity index (χ0) is 19.7. The third kappa shape index (κ3) is 4.32. The van der Waals surface area contributed by atoms with Crippen LogP contribution in [0.1, 0.15) is 44.0 Å². The normalized spacial score (nSPS) is 16.3. The fourth-order valence-corrected chi connectivity index (χ4v) is 4.68. The molecular weight excluding hydrogens is 382 g/mol. The first-order valence-electron chi connectivity index (χ1n) is 8.97. The first kappa shape index (κ1) is 19.8. The molecule has 3 heterocycles. The summed E-state index contributed by atoms with van der Waals surface area (Å²) in [6.45, 7) is 6.61. The van der Waals surface area contributed by atoms with Crippen LogP contribution in [0.2, 0.25) is 0 Å². The van der Waals surface area contributed by atoms with Crippen LogP contribution >= 0.6 is 11.3 Å². The highest BCUT2D eigenvalue weighted by Gasteiger charge is 2.32. The van der Waals surface area contributed by atoms with Crippen LogP contribution in [0.3, 0.4) is 0 Å². The highest BCUT2D eigenvalue weighted by molar-refractivity contribution is 7.92. The Hall–Kier alpha value is -1.93. The van der Waals surface area contributed by atoms with E-state index in [4.69, 9.17) is 0 Å². The Balaban J connectivity index is 1.59. The topological polar surface area (TPSA) is 79.4 Å². The molecule has 146 valence electrons. The Labute approximate surface area is 164 Å². The highest BCUT2D eigenvalue weighted by Crippen LogP contribution is 2.26. The van der Waals surface area contributed by atoms with E-state index in [-0.39, 0.29) is 17.0 Å². The molecule has 1 saturated heterocycles. The van der Waals surface area contributed by atoms with Gasteiger partial charge < -0.3 is 10.2 Å². The van der Waals surface area contributed by atoms with Gasteiger partial charge in [-0.3, -0.25) is 4.79 Å². The van der Waals surface area contributed by atoms with Gasteiger partial charge in [-0.05, 0) is 57.2 Å². The molecule has 0 spiro atoms. The van der Waals surface area contributed by atoms with Gasteiger partial charge in [-0.15, -0.1) is 0 Å². The summed E-state index contributed by atoms with van der Waals surface area (Å²) in [4.78, 5) is 18.5. The van der Waals surface area contributed by atoms with Crippen molar-refractivity contribution >= 4 is 32.8 Å². The standard InChI is InChI=1S/C19H25N3O3S2/c1-19(2,3)27(24,25)17-5-4-16(12-20-17)22-9-6-15(7-10-22)21-18(23)14-8-11-26-13-14/h4-5,8,11-13,15H,6-7,9-10H2,1-3H3,(H,21,23). The van der Waals surface area contributed by atoms with Crippen LogP contribution in [0.15, 0.2) is 40.2 Å². The second-order valence-electron chi connectivity index (χ2n) is 7.72. The van der Waals surface area contributed by atoms with E-state index in [0.717, 1.165) is 31.6 Å². The van der Waals surface area contributed by atoms with Crippen molar-refractivity contribution in [3.05, 3.63) is 40.7 Å². The Bertz CT molecular complexity index is 877. The van der Waals surface area contributed by atoms with E-state index >= 15 is 0 Å². The number of carbonyl (C=O) groups excluding carboxylic acids is 1. The molecule has 1 aliphatic rings. The molecule has 0 bridgehead atoms. The summed E-state index contributed by atoms with van der Waals surface area (Å²) >= 11 is 1.51. The first-order chi connectivity index (χ1) is 12.7. The monoisotopic (exact) mass is 407 g/mol. The van der Waals surface area contributed by atoms with E-state index in [0.29, 0.717) is 5.56 Å². The molecule has 6 nitrogen and oxygen atoms in total. The predicted molar refractivity (Wildman–Crippen MR) is 108 cm³/mol. The van der Waals surface area contributed by atoms with E-state index in [1.54, 1.807) is 33.0 Å². The maximum Gasteiger partial charge on any atom is 0.252 e. The summed E-state index contributed by atoms with van der Waals surface area (Å²) in [5.41, 5.74) is 1.62. The number of nitrogens with one attached hydrogen (secondary N) is 1. The van der Waals surface area contributed by atoms with Gasteiger partial charge in [-0.25, -0.2) is 13.4 Å². The molecule has 0 saturated carbocycles. The summed E-state index contributed by atoms with van der Waals surface area (Å²) in [6, 6.07) is 5.38. The number of hydrogen-bond donors (Lipinski definition) is 1. The van der Waals surface area contributed by atoms with Crippen molar-refractivity contribution in [1.29, 1.82) is 0 Å². The minimum absolute atomic E-state index is 0.0203. The van der Waals surface area contributed by atoms with E-state index < -0.39 is 14.6 Å². The molecule has 3 rings (SSSR count). The molecule has 2 aromatic rings. The maximum atomic E-state index is 12.5. The van der Waals surface area contributed by atoms with Crippen molar-refractivity contribution in [3.8, 4) is 0 Å². The summed E-state index contributed by atoms with van der Waals surface area (Å²) < 4.78 is 24.1. The third-order valence-corrected chi connectivity index (χ3v) is 7.87. The van der Waals surface area contributed by atoms with Gasteiger partial charge in [0.15, 0.2) is 14.9 Å². The molecule has 1 fully saturated rings. The molecule has 1 aliphatic heterocycles. The molecule has 0 unspecified atom stereocenters. The lowest BCUT2D eigenvalue weighted by atomic mass is 10.0. The number of pyridine rings is 1. The van der Waals surface area contributed by atoms with Crippen LogP contribution in [0, 0.1) is 0 Å². The van der Waals surface area contributed by atoms with Crippen molar-refractivity contribution in [2.45, 2.75) is 49.4 Å². The minimum Gasteiger partial charge on any atom is -0.370 e. The number of carbonyl (C=O) groups is 1. The summed E-state index contributed by atoms with van der Waals surface area (Å²) in [5, 5.41) is 6.94. The number of nitrogens with zero attached hydrogens (tertiary/aromatic N) is 2. The van der Waals surface area contributed by atoms with Gasteiger partial charge >= 0.3 is 0 Å². The van der Waals surface area contributed by atoms with Gasteiger partial charge in [0.1, 0.15) is 0 Å². The molecule has 8 heteroatoms. The number of thiophene rings is 1. The van der Waals surface area contributed by atoms with E-state index in [1.165, 1.54) is 11.3 Å². The molecule has 0 atom stereocenters. The number of piperidine rings is 1. The van der Waals surface area contributed by atoms with Gasteiger partial charge in [0.2, 0.25) is 0 Å². The summed E-state index contributed by atoms with van der Waals surface area (Å²) in [5.74, 6) is -0.0203. The smallest absolute Gasteiger partial charge is 0.252 e. The van der Waals surface area contributed by atoms with Crippen LogP contribution in [0.5, 0.6) is 0 Å². The molecule has 2 aromatic heterocycles.